The molecule has 0 saturated carbocycles. The first kappa shape index (κ1) is 20.4. The summed E-state index contributed by atoms with van der Waals surface area (Å²) in [6.07, 6.45) is 1.53. The van der Waals surface area contributed by atoms with Crippen molar-refractivity contribution in [3.8, 4) is 17.2 Å². The Bertz CT molecular complexity index is 1550. The Balaban J connectivity index is 1.58. The molecule has 0 unspecified atom stereocenters. The molecule has 166 valence electrons. The summed E-state index contributed by atoms with van der Waals surface area (Å²) in [7, 11) is 1.85. The van der Waals surface area contributed by atoms with Crippen molar-refractivity contribution in [3.05, 3.63) is 92.0 Å². The third kappa shape index (κ3) is 3.41. The van der Waals surface area contributed by atoms with Crippen molar-refractivity contribution in [1.29, 1.82) is 0 Å². The van der Waals surface area contributed by atoms with Crippen molar-refractivity contribution < 1.29 is 14.6 Å². The smallest absolute Gasteiger partial charge is 0.281 e. The van der Waals surface area contributed by atoms with Crippen LogP contribution < -0.4 is 25.5 Å². The van der Waals surface area contributed by atoms with Gasteiger partial charge in [0.15, 0.2) is 12.5 Å². The largest absolute Gasteiger partial charge is 0.468 e. The molecule has 0 bridgehead atoms. The van der Waals surface area contributed by atoms with Gasteiger partial charge < -0.3 is 24.5 Å². The number of aliphatic hydroxyl groups is 1. The maximum atomic E-state index is 13.2. The molecule has 0 spiro atoms. The molecule has 9 nitrogen and oxygen atoms in total. The fourth-order valence-corrected chi connectivity index (χ4v) is 3.85. The lowest BCUT2D eigenvalue weighted by Crippen LogP contribution is -2.16. The molecule has 1 aliphatic rings. The van der Waals surface area contributed by atoms with Gasteiger partial charge in [-0.1, -0.05) is 17.9 Å². The molecule has 4 aromatic rings. The number of aryl methyl sites for hydroxylation is 1. The molecule has 2 aromatic heterocycles. The Morgan fingerprint density at radius 3 is 2.64 bits per heavy atom. The van der Waals surface area contributed by atoms with E-state index in [9.17, 15) is 9.59 Å². The first-order valence-electron chi connectivity index (χ1n) is 10.2. The molecule has 2 aromatic carbocycles. The lowest BCUT2D eigenvalue weighted by Gasteiger charge is -2.08. The van der Waals surface area contributed by atoms with Crippen LogP contribution in [-0.4, -0.2) is 33.7 Å². The van der Waals surface area contributed by atoms with E-state index in [0.29, 0.717) is 45.2 Å². The maximum absolute atomic E-state index is 13.2. The molecule has 3 N–H and O–H groups in total. The van der Waals surface area contributed by atoms with Gasteiger partial charge in [0.1, 0.15) is 11.4 Å². The fourth-order valence-electron chi connectivity index (χ4n) is 3.85. The standard InChI is InChI=1S/C24H20N4O5/c1-14-17(11-12-20-27(2)18-5-3-4-6-19(18)33-20)23(30)25-22-21(14)24(31)28(26-22)15-7-9-16(10-8-15)32-13-29/h3-11,29H,13H2,1-2H3,(H2,25,26,30). The third-order valence-electron chi connectivity index (χ3n) is 5.56. The Labute approximate surface area is 187 Å². The molecule has 1 aliphatic heterocycles. The monoisotopic (exact) mass is 444 g/mol. The topological polar surface area (TPSA) is 113 Å². The SMILES string of the molecule is Cc1c(C=C=C2Oc3ccccc3N2C)c(=O)[nH]c2[nH]n(-c3ccc(OCO)cc3)c(=O)c12. The number of hydrogen-bond donors (Lipinski definition) is 3. The van der Waals surface area contributed by atoms with E-state index in [1.165, 1.54) is 10.8 Å². The van der Waals surface area contributed by atoms with Gasteiger partial charge in [0, 0.05) is 7.05 Å². The number of nitrogens with zero attached hydrogens (tertiary/aromatic N) is 2. The quantitative estimate of drug-likeness (QED) is 0.330. The van der Waals surface area contributed by atoms with Crippen LogP contribution in [0.1, 0.15) is 11.1 Å². The number of anilines is 1. The minimum atomic E-state index is -0.439. The van der Waals surface area contributed by atoms with Crippen LogP contribution in [0.3, 0.4) is 0 Å². The summed E-state index contributed by atoms with van der Waals surface area (Å²) in [5, 5.41) is 12.2. The van der Waals surface area contributed by atoms with Gasteiger partial charge in [0.05, 0.1) is 22.3 Å². The normalized spacial score (nSPS) is 12.5. The third-order valence-corrected chi connectivity index (χ3v) is 5.56. The summed E-state index contributed by atoms with van der Waals surface area (Å²) in [6.45, 7) is 1.28. The van der Waals surface area contributed by atoms with Gasteiger partial charge in [-0.15, -0.1) is 0 Å². The number of rotatable bonds is 4. The molecular formula is C24H20N4O5. The van der Waals surface area contributed by atoms with Gasteiger partial charge in [0.25, 0.3) is 11.1 Å². The van der Waals surface area contributed by atoms with Crippen molar-refractivity contribution in [2.24, 2.45) is 0 Å². The molecule has 0 aliphatic carbocycles. The zero-order valence-electron chi connectivity index (χ0n) is 17.9. The Kier molecular flexibility index (Phi) is 4.90. The van der Waals surface area contributed by atoms with Crippen LogP contribution in [-0.2, 0) is 0 Å². The highest BCUT2D eigenvalue weighted by Crippen LogP contribution is 2.36. The van der Waals surface area contributed by atoms with E-state index < -0.39 is 6.79 Å². The molecule has 0 atom stereocenters. The van der Waals surface area contributed by atoms with Crippen LogP contribution in [0.5, 0.6) is 11.5 Å². The number of benzene rings is 2. The van der Waals surface area contributed by atoms with E-state index in [0.717, 1.165) is 5.69 Å². The van der Waals surface area contributed by atoms with Crippen molar-refractivity contribution in [3.63, 3.8) is 0 Å². The molecule has 5 rings (SSSR count). The van der Waals surface area contributed by atoms with Crippen LogP contribution >= 0.6 is 0 Å². The van der Waals surface area contributed by atoms with Gasteiger partial charge in [-0.2, -0.15) is 0 Å². The van der Waals surface area contributed by atoms with E-state index in [1.807, 2.05) is 36.2 Å². The molecule has 9 heteroatoms. The number of pyridine rings is 1. The number of ether oxygens (including phenoxy) is 2. The first-order valence-corrected chi connectivity index (χ1v) is 10.2. The molecule has 0 amide bonds. The van der Waals surface area contributed by atoms with Gasteiger partial charge in [-0.25, -0.2) is 4.68 Å². The van der Waals surface area contributed by atoms with Crippen LogP contribution in [0.15, 0.2) is 69.7 Å². The summed E-state index contributed by atoms with van der Waals surface area (Å²) >= 11 is 0. The predicted molar refractivity (Wildman–Crippen MR) is 124 cm³/mol. The molecule has 0 fully saturated rings. The van der Waals surface area contributed by atoms with Crippen molar-refractivity contribution in [1.82, 2.24) is 14.8 Å². The van der Waals surface area contributed by atoms with Crippen molar-refractivity contribution in [2.75, 3.05) is 18.7 Å². The van der Waals surface area contributed by atoms with E-state index in [-0.39, 0.29) is 11.1 Å². The van der Waals surface area contributed by atoms with E-state index >= 15 is 0 Å². The minimum Gasteiger partial charge on any atom is -0.468 e. The zero-order valence-corrected chi connectivity index (χ0v) is 17.9. The summed E-state index contributed by atoms with van der Waals surface area (Å²) in [5.41, 5.74) is 5.00. The molecule has 33 heavy (non-hydrogen) atoms. The second-order valence-electron chi connectivity index (χ2n) is 7.49. The average Bonchev–Trinajstić information content (AvgIpc) is 3.31. The highest BCUT2D eigenvalue weighted by atomic mass is 16.6. The molecule has 3 heterocycles. The fraction of sp³-hybridized carbons (Fsp3) is 0.125. The summed E-state index contributed by atoms with van der Waals surface area (Å²) < 4.78 is 12.2. The Morgan fingerprint density at radius 2 is 1.91 bits per heavy atom. The Hall–Kier alpha value is -4.46. The van der Waals surface area contributed by atoms with E-state index in [1.54, 1.807) is 31.2 Å². The maximum Gasteiger partial charge on any atom is 0.281 e. The second kappa shape index (κ2) is 7.90. The van der Waals surface area contributed by atoms with Crippen molar-refractivity contribution in [2.45, 2.75) is 6.92 Å². The van der Waals surface area contributed by atoms with Gasteiger partial charge >= 0.3 is 0 Å². The van der Waals surface area contributed by atoms with Crippen LogP contribution in [0.25, 0.3) is 22.8 Å². The number of H-pyrrole nitrogens is 2. The number of nitrogens with one attached hydrogen (secondary N) is 2. The number of aliphatic hydroxyl groups excluding tert-OH is 1. The van der Waals surface area contributed by atoms with Gasteiger partial charge in [-0.05, 0) is 55.0 Å². The lowest BCUT2D eigenvalue weighted by atomic mass is 10.1. The summed E-state index contributed by atoms with van der Waals surface area (Å²) in [5.74, 6) is 1.63. The minimum absolute atomic E-state index is 0.307. The average molecular weight is 444 g/mol. The van der Waals surface area contributed by atoms with Crippen LogP contribution in [0.2, 0.25) is 0 Å². The van der Waals surface area contributed by atoms with Crippen LogP contribution in [0.4, 0.5) is 5.69 Å². The van der Waals surface area contributed by atoms with Gasteiger partial charge in [-0.3, -0.25) is 14.7 Å². The number of hydrogen-bond acceptors (Lipinski definition) is 6. The number of fused-ring (bicyclic) bond motifs is 2. The lowest BCUT2D eigenvalue weighted by molar-refractivity contribution is 0.0985. The van der Waals surface area contributed by atoms with Gasteiger partial charge in [0.2, 0.25) is 5.88 Å². The van der Waals surface area contributed by atoms with Crippen LogP contribution in [0, 0.1) is 6.92 Å². The Morgan fingerprint density at radius 1 is 1.15 bits per heavy atom. The highest BCUT2D eigenvalue weighted by molar-refractivity contribution is 5.82. The number of aromatic amines is 2. The summed E-state index contributed by atoms with van der Waals surface area (Å²) in [6, 6.07) is 14.2. The van der Waals surface area contributed by atoms with E-state index in [2.05, 4.69) is 15.8 Å². The summed E-state index contributed by atoms with van der Waals surface area (Å²) in [4.78, 5) is 30.5. The van der Waals surface area contributed by atoms with Crippen molar-refractivity contribution >= 4 is 22.8 Å². The first-order chi connectivity index (χ1) is 16.0. The molecular weight excluding hydrogens is 424 g/mol. The zero-order chi connectivity index (χ0) is 23.1. The number of aromatic nitrogens is 3. The predicted octanol–water partition coefficient (Wildman–Crippen LogP) is 2.63. The number of para-hydroxylation sites is 2. The second-order valence-corrected chi connectivity index (χ2v) is 7.49. The molecule has 0 radical (unpaired) electrons. The molecule has 0 saturated heterocycles. The highest BCUT2D eigenvalue weighted by Gasteiger charge is 2.22. The van der Waals surface area contributed by atoms with E-state index in [4.69, 9.17) is 14.6 Å².